The zero-order valence-corrected chi connectivity index (χ0v) is 14.3. The van der Waals surface area contributed by atoms with E-state index in [1.807, 2.05) is 25.6 Å². The molecular formula is C16H27N3OS. The lowest BCUT2D eigenvalue weighted by molar-refractivity contribution is 0.501. The highest BCUT2D eigenvalue weighted by Gasteiger charge is 2.24. The minimum Gasteiger partial charge on any atom is -0.466 e. The van der Waals surface area contributed by atoms with Crippen LogP contribution in [0.1, 0.15) is 43.3 Å². The van der Waals surface area contributed by atoms with Crippen LogP contribution in [0, 0.1) is 13.8 Å². The molecule has 5 heteroatoms. The van der Waals surface area contributed by atoms with Crippen molar-refractivity contribution in [2.24, 2.45) is 4.99 Å². The van der Waals surface area contributed by atoms with Gasteiger partial charge in [0.1, 0.15) is 11.5 Å². The van der Waals surface area contributed by atoms with Gasteiger partial charge in [0.25, 0.3) is 0 Å². The lowest BCUT2D eigenvalue weighted by Crippen LogP contribution is -2.42. The molecule has 0 saturated heterocycles. The van der Waals surface area contributed by atoms with Crippen LogP contribution < -0.4 is 10.6 Å². The van der Waals surface area contributed by atoms with Gasteiger partial charge in [-0.1, -0.05) is 0 Å². The van der Waals surface area contributed by atoms with Crippen molar-refractivity contribution in [3.63, 3.8) is 0 Å². The summed E-state index contributed by atoms with van der Waals surface area (Å²) in [6.45, 7) is 7.62. The number of rotatable bonds is 5. The molecule has 1 aliphatic carbocycles. The summed E-state index contributed by atoms with van der Waals surface area (Å²) < 4.78 is 5.56. The van der Waals surface area contributed by atoms with E-state index in [1.165, 1.54) is 19.3 Å². The van der Waals surface area contributed by atoms with Crippen molar-refractivity contribution in [1.82, 2.24) is 10.6 Å². The first-order valence-corrected chi connectivity index (χ1v) is 9.04. The average Bonchev–Trinajstić information content (AvgIpc) is 3.02. The third kappa shape index (κ3) is 4.70. The smallest absolute Gasteiger partial charge is 0.191 e. The van der Waals surface area contributed by atoms with Gasteiger partial charge in [0.2, 0.25) is 0 Å². The Hall–Kier alpha value is -1.10. The number of thioether (sulfide) groups is 1. The standard InChI is InChI=1S/C16H27N3OS/c1-5-17-16(19-14-6-7-15(9-14)21-4)18-10-13-8-11(2)20-12(13)3/h8,14-15H,5-7,9-10H2,1-4H3,(H2,17,18,19). The highest BCUT2D eigenvalue weighted by Crippen LogP contribution is 2.28. The zero-order chi connectivity index (χ0) is 15.2. The Bertz CT molecular complexity index is 484. The fourth-order valence-corrected chi connectivity index (χ4v) is 3.60. The molecule has 0 bridgehead atoms. The van der Waals surface area contributed by atoms with Gasteiger partial charge in [-0.3, -0.25) is 0 Å². The summed E-state index contributed by atoms with van der Waals surface area (Å²) >= 11 is 1.98. The molecule has 1 aromatic rings. The molecule has 1 aliphatic rings. The van der Waals surface area contributed by atoms with Gasteiger partial charge >= 0.3 is 0 Å². The van der Waals surface area contributed by atoms with E-state index < -0.39 is 0 Å². The SMILES string of the molecule is CCNC(=NCc1cc(C)oc1C)NC1CCC(SC)C1. The summed E-state index contributed by atoms with van der Waals surface area (Å²) in [5.41, 5.74) is 1.16. The van der Waals surface area contributed by atoms with Crippen molar-refractivity contribution in [1.29, 1.82) is 0 Å². The molecule has 4 nitrogen and oxygen atoms in total. The van der Waals surface area contributed by atoms with Crippen LogP contribution in [0.15, 0.2) is 15.5 Å². The van der Waals surface area contributed by atoms with Crippen LogP contribution in [-0.4, -0.2) is 30.1 Å². The van der Waals surface area contributed by atoms with E-state index in [-0.39, 0.29) is 0 Å². The third-order valence-corrected chi connectivity index (χ3v) is 5.05. The molecule has 0 radical (unpaired) electrons. The number of hydrogen-bond acceptors (Lipinski definition) is 3. The van der Waals surface area contributed by atoms with E-state index in [0.29, 0.717) is 12.6 Å². The minimum atomic E-state index is 0.549. The van der Waals surface area contributed by atoms with Gasteiger partial charge in [0.15, 0.2) is 5.96 Å². The quantitative estimate of drug-likeness (QED) is 0.647. The summed E-state index contributed by atoms with van der Waals surface area (Å²) in [5.74, 6) is 2.84. The predicted octanol–water partition coefficient (Wildman–Crippen LogP) is 3.24. The van der Waals surface area contributed by atoms with Gasteiger partial charge in [-0.25, -0.2) is 4.99 Å². The van der Waals surface area contributed by atoms with Crippen LogP contribution >= 0.6 is 11.8 Å². The van der Waals surface area contributed by atoms with Crippen molar-refractivity contribution < 1.29 is 4.42 Å². The van der Waals surface area contributed by atoms with Crippen molar-refractivity contribution in [2.45, 2.75) is 57.9 Å². The van der Waals surface area contributed by atoms with E-state index in [0.717, 1.165) is 34.8 Å². The minimum absolute atomic E-state index is 0.549. The first kappa shape index (κ1) is 16.3. The lowest BCUT2D eigenvalue weighted by atomic mass is 10.2. The van der Waals surface area contributed by atoms with Gasteiger partial charge < -0.3 is 15.1 Å². The molecular weight excluding hydrogens is 282 g/mol. The molecule has 2 atom stereocenters. The number of aryl methyl sites for hydroxylation is 2. The Morgan fingerprint density at radius 1 is 1.43 bits per heavy atom. The highest BCUT2D eigenvalue weighted by molar-refractivity contribution is 7.99. The van der Waals surface area contributed by atoms with Gasteiger partial charge in [-0.2, -0.15) is 11.8 Å². The second-order valence-electron chi connectivity index (χ2n) is 5.65. The van der Waals surface area contributed by atoms with Gasteiger partial charge in [-0.15, -0.1) is 0 Å². The fraction of sp³-hybridized carbons (Fsp3) is 0.688. The topological polar surface area (TPSA) is 49.6 Å². The van der Waals surface area contributed by atoms with Gasteiger partial charge in [-0.05, 0) is 52.4 Å². The normalized spacial score (nSPS) is 22.6. The second kappa shape index (κ2) is 7.78. The molecule has 2 rings (SSSR count). The van der Waals surface area contributed by atoms with Crippen LogP contribution in [-0.2, 0) is 6.54 Å². The predicted molar refractivity (Wildman–Crippen MR) is 91.1 cm³/mol. The Morgan fingerprint density at radius 2 is 2.24 bits per heavy atom. The van der Waals surface area contributed by atoms with Gasteiger partial charge in [0, 0.05) is 23.4 Å². The second-order valence-corrected chi connectivity index (χ2v) is 6.78. The summed E-state index contributed by atoms with van der Waals surface area (Å²) in [4.78, 5) is 4.70. The van der Waals surface area contributed by atoms with E-state index in [9.17, 15) is 0 Å². The summed E-state index contributed by atoms with van der Waals surface area (Å²) in [5, 5.41) is 7.71. The van der Waals surface area contributed by atoms with E-state index in [4.69, 9.17) is 9.41 Å². The van der Waals surface area contributed by atoms with Crippen molar-refractivity contribution in [2.75, 3.05) is 12.8 Å². The molecule has 0 aliphatic heterocycles. The number of guanidine groups is 1. The average molecular weight is 309 g/mol. The Morgan fingerprint density at radius 3 is 2.81 bits per heavy atom. The maximum atomic E-state index is 5.56. The third-order valence-electron chi connectivity index (χ3n) is 3.95. The first-order valence-electron chi connectivity index (χ1n) is 7.76. The largest absolute Gasteiger partial charge is 0.466 e. The molecule has 21 heavy (non-hydrogen) atoms. The molecule has 2 unspecified atom stereocenters. The molecule has 0 spiro atoms. The molecule has 1 aromatic heterocycles. The van der Waals surface area contributed by atoms with Crippen LogP contribution in [0.4, 0.5) is 0 Å². The number of hydrogen-bond donors (Lipinski definition) is 2. The summed E-state index contributed by atoms with van der Waals surface area (Å²) in [6, 6.07) is 2.62. The summed E-state index contributed by atoms with van der Waals surface area (Å²) in [7, 11) is 0. The first-order chi connectivity index (χ1) is 10.1. The maximum Gasteiger partial charge on any atom is 0.191 e. The monoisotopic (exact) mass is 309 g/mol. The van der Waals surface area contributed by atoms with Crippen LogP contribution in [0.2, 0.25) is 0 Å². The number of furan rings is 1. The fourth-order valence-electron chi connectivity index (χ4n) is 2.80. The Kier molecular flexibility index (Phi) is 6.03. The van der Waals surface area contributed by atoms with E-state index in [1.54, 1.807) is 0 Å². The molecule has 0 amide bonds. The van der Waals surface area contributed by atoms with Gasteiger partial charge in [0.05, 0.1) is 6.54 Å². The summed E-state index contributed by atoms with van der Waals surface area (Å²) in [6.07, 6.45) is 5.98. The van der Waals surface area contributed by atoms with Crippen molar-refractivity contribution in [3.8, 4) is 0 Å². The maximum absolute atomic E-state index is 5.56. The Balaban J connectivity index is 1.94. The molecule has 1 fully saturated rings. The highest BCUT2D eigenvalue weighted by atomic mass is 32.2. The van der Waals surface area contributed by atoms with Crippen molar-refractivity contribution in [3.05, 3.63) is 23.2 Å². The molecule has 1 heterocycles. The number of aliphatic imine (C=N–C) groups is 1. The Labute approximate surface area is 132 Å². The number of nitrogens with zero attached hydrogens (tertiary/aromatic N) is 1. The lowest BCUT2D eigenvalue weighted by Gasteiger charge is -2.17. The molecule has 118 valence electrons. The van der Waals surface area contributed by atoms with Crippen molar-refractivity contribution >= 4 is 17.7 Å². The zero-order valence-electron chi connectivity index (χ0n) is 13.5. The van der Waals surface area contributed by atoms with E-state index >= 15 is 0 Å². The molecule has 1 saturated carbocycles. The number of nitrogens with one attached hydrogen (secondary N) is 2. The van der Waals surface area contributed by atoms with Crippen LogP contribution in [0.5, 0.6) is 0 Å². The molecule has 2 N–H and O–H groups in total. The van der Waals surface area contributed by atoms with Crippen LogP contribution in [0.25, 0.3) is 0 Å². The molecule has 0 aromatic carbocycles. The van der Waals surface area contributed by atoms with Crippen LogP contribution in [0.3, 0.4) is 0 Å². The van der Waals surface area contributed by atoms with E-state index in [2.05, 4.69) is 29.9 Å².